The highest BCUT2D eigenvalue weighted by Crippen LogP contribution is 2.11. The van der Waals surface area contributed by atoms with E-state index in [1.54, 1.807) is 0 Å². The minimum Gasteiger partial charge on any atom is -0.317 e. The number of hydrogen-bond donors (Lipinski definition) is 2. The van der Waals surface area contributed by atoms with Crippen LogP contribution >= 0.6 is 0 Å². The van der Waals surface area contributed by atoms with Crippen molar-refractivity contribution in [1.29, 1.82) is 0 Å². The Morgan fingerprint density at radius 1 is 1.21 bits per heavy atom. The van der Waals surface area contributed by atoms with Gasteiger partial charge >= 0.3 is 0 Å². The van der Waals surface area contributed by atoms with Crippen LogP contribution in [0.4, 0.5) is 0 Å². The molecule has 0 amide bonds. The average Bonchev–Trinajstić information content (AvgIpc) is 2.37. The molecule has 1 aliphatic rings. The van der Waals surface area contributed by atoms with Gasteiger partial charge in [0.2, 0.25) is 10.0 Å². The van der Waals surface area contributed by atoms with Gasteiger partial charge in [-0.2, -0.15) is 0 Å². The van der Waals surface area contributed by atoms with Crippen LogP contribution in [-0.4, -0.2) is 57.8 Å². The van der Waals surface area contributed by atoms with Crippen molar-refractivity contribution in [3.63, 3.8) is 0 Å². The lowest BCUT2D eigenvalue weighted by molar-refractivity contribution is 0.208. The standard InChI is InChI=1S/C13H29N3O2S/c1-3-9-16-10-6-13(7-11-16)15-19(17,18)12-5-8-14-4-2/h13-15H,3-12H2,1-2H3. The second-order valence-corrected chi connectivity index (χ2v) is 7.13. The van der Waals surface area contributed by atoms with Crippen LogP contribution < -0.4 is 10.0 Å². The second-order valence-electron chi connectivity index (χ2n) is 5.26. The molecule has 0 aromatic rings. The van der Waals surface area contributed by atoms with Crippen molar-refractivity contribution in [2.24, 2.45) is 0 Å². The Bertz CT molecular complexity index is 325. The van der Waals surface area contributed by atoms with Gasteiger partial charge in [0.25, 0.3) is 0 Å². The summed E-state index contributed by atoms with van der Waals surface area (Å²) in [6.45, 7) is 9.02. The van der Waals surface area contributed by atoms with Crippen molar-refractivity contribution in [3.8, 4) is 0 Å². The minimum absolute atomic E-state index is 0.136. The Kier molecular flexibility index (Phi) is 7.90. The van der Waals surface area contributed by atoms with E-state index in [1.165, 1.54) is 6.42 Å². The predicted octanol–water partition coefficient (Wildman–Crippen LogP) is 0.780. The summed E-state index contributed by atoms with van der Waals surface area (Å²) < 4.78 is 26.7. The smallest absolute Gasteiger partial charge is 0.211 e. The van der Waals surface area contributed by atoms with Gasteiger partial charge in [-0.25, -0.2) is 13.1 Å². The molecule has 0 radical (unpaired) electrons. The first-order chi connectivity index (χ1) is 9.07. The van der Waals surface area contributed by atoms with Crippen LogP contribution in [0.3, 0.4) is 0 Å². The molecule has 0 aromatic heterocycles. The maximum Gasteiger partial charge on any atom is 0.211 e. The molecule has 0 atom stereocenters. The number of hydrogen-bond acceptors (Lipinski definition) is 4. The zero-order chi connectivity index (χ0) is 14.1. The third-order valence-corrected chi connectivity index (χ3v) is 5.01. The molecule has 0 saturated carbocycles. The van der Waals surface area contributed by atoms with E-state index in [0.29, 0.717) is 6.42 Å². The lowest BCUT2D eigenvalue weighted by atomic mass is 10.1. The molecule has 19 heavy (non-hydrogen) atoms. The lowest BCUT2D eigenvalue weighted by Gasteiger charge is -2.31. The van der Waals surface area contributed by atoms with E-state index in [4.69, 9.17) is 0 Å². The number of nitrogens with one attached hydrogen (secondary N) is 2. The lowest BCUT2D eigenvalue weighted by Crippen LogP contribution is -2.45. The van der Waals surface area contributed by atoms with Gasteiger partial charge in [-0.1, -0.05) is 13.8 Å². The molecule has 0 aliphatic carbocycles. The molecule has 0 spiro atoms. The molecular weight excluding hydrogens is 262 g/mol. The predicted molar refractivity (Wildman–Crippen MR) is 79.8 cm³/mol. The van der Waals surface area contributed by atoms with E-state index in [9.17, 15) is 8.42 Å². The van der Waals surface area contributed by atoms with Crippen molar-refractivity contribution < 1.29 is 8.42 Å². The summed E-state index contributed by atoms with van der Waals surface area (Å²) in [6, 6.07) is 0.136. The first-order valence-corrected chi connectivity index (χ1v) is 9.15. The summed E-state index contributed by atoms with van der Waals surface area (Å²) in [7, 11) is -3.10. The molecule has 1 saturated heterocycles. The Hall–Kier alpha value is -0.170. The number of rotatable bonds is 9. The summed E-state index contributed by atoms with van der Waals surface area (Å²) in [5.41, 5.74) is 0. The fourth-order valence-electron chi connectivity index (χ4n) is 2.47. The molecule has 0 aromatic carbocycles. The third-order valence-electron chi connectivity index (χ3n) is 3.49. The number of piperidine rings is 1. The largest absolute Gasteiger partial charge is 0.317 e. The van der Waals surface area contributed by atoms with Crippen molar-refractivity contribution in [2.45, 2.75) is 45.6 Å². The molecule has 0 bridgehead atoms. The van der Waals surface area contributed by atoms with Crippen LogP contribution in [0.15, 0.2) is 0 Å². The summed E-state index contributed by atoms with van der Waals surface area (Å²) in [5.74, 6) is 0.231. The SMILES string of the molecule is CCCN1CCC(NS(=O)(=O)CCCNCC)CC1. The first kappa shape index (κ1) is 16.9. The summed E-state index contributed by atoms with van der Waals surface area (Å²) in [4.78, 5) is 2.41. The number of likely N-dealkylation sites (tertiary alicyclic amines) is 1. The van der Waals surface area contributed by atoms with Crippen LogP contribution in [0.5, 0.6) is 0 Å². The van der Waals surface area contributed by atoms with Gasteiger partial charge < -0.3 is 10.2 Å². The van der Waals surface area contributed by atoms with Crippen molar-refractivity contribution in [1.82, 2.24) is 14.9 Å². The highest BCUT2D eigenvalue weighted by molar-refractivity contribution is 7.89. The Labute approximate surface area is 118 Å². The van der Waals surface area contributed by atoms with Crippen LogP contribution in [0.25, 0.3) is 0 Å². The maximum absolute atomic E-state index is 11.9. The van der Waals surface area contributed by atoms with E-state index in [-0.39, 0.29) is 11.8 Å². The van der Waals surface area contributed by atoms with Gasteiger partial charge in [-0.15, -0.1) is 0 Å². The van der Waals surface area contributed by atoms with Gasteiger partial charge in [0.15, 0.2) is 0 Å². The third kappa shape index (κ3) is 7.25. The van der Waals surface area contributed by atoms with Gasteiger partial charge in [0.05, 0.1) is 5.75 Å². The zero-order valence-electron chi connectivity index (χ0n) is 12.3. The van der Waals surface area contributed by atoms with Crippen LogP contribution in [0.2, 0.25) is 0 Å². The zero-order valence-corrected chi connectivity index (χ0v) is 13.1. The Morgan fingerprint density at radius 2 is 1.89 bits per heavy atom. The fraction of sp³-hybridized carbons (Fsp3) is 1.00. The van der Waals surface area contributed by atoms with Crippen LogP contribution in [0, 0.1) is 0 Å². The molecule has 1 rings (SSSR count). The van der Waals surface area contributed by atoms with E-state index in [2.05, 4.69) is 21.9 Å². The maximum atomic E-state index is 11.9. The molecule has 114 valence electrons. The normalized spacial score (nSPS) is 18.8. The Balaban J connectivity index is 2.23. The van der Waals surface area contributed by atoms with E-state index >= 15 is 0 Å². The van der Waals surface area contributed by atoms with E-state index in [0.717, 1.165) is 45.6 Å². The van der Waals surface area contributed by atoms with Gasteiger partial charge in [0, 0.05) is 6.04 Å². The summed E-state index contributed by atoms with van der Waals surface area (Å²) in [5, 5.41) is 3.15. The van der Waals surface area contributed by atoms with Crippen LogP contribution in [0.1, 0.15) is 39.5 Å². The van der Waals surface area contributed by atoms with Crippen molar-refractivity contribution in [3.05, 3.63) is 0 Å². The van der Waals surface area contributed by atoms with Gasteiger partial charge in [-0.3, -0.25) is 0 Å². The molecule has 2 N–H and O–H groups in total. The fourth-order valence-corrected chi connectivity index (χ4v) is 3.85. The molecule has 1 fully saturated rings. The van der Waals surface area contributed by atoms with Crippen LogP contribution in [-0.2, 0) is 10.0 Å². The molecule has 6 heteroatoms. The quantitative estimate of drug-likeness (QED) is 0.616. The van der Waals surface area contributed by atoms with Gasteiger partial charge in [0.1, 0.15) is 0 Å². The van der Waals surface area contributed by atoms with Gasteiger partial charge in [-0.05, 0) is 58.4 Å². The van der Waals surface area contributed by atoms with Crippen molar-refractivity contribution >= 4 is 10.0 Å². The highest BCUT2D eigenvalue weighted by atomic mass is 32.2. The second kappa shape index (κ2) is 8.89. The highest BCUT2D eigenvalue weighted by Gasteiger charge is 2.22. The molecular formula is C13H29N3O2S. The molecule has 1 heterocycles. The number of nitrogens with zero attached hydrogens (tertiary/aromatic N) is 1. The topological polar surface area (TPSA) is 61.4 Å². The van der Waals surface area contributed by atoms with E-state index in [1.807, 2.05) is 6.92 Å². The monoisotopic (exact) mass is 291 g/mol. The first-order valence-electron chi connectivity index (χ1n) is 7.50. The minimum atomic E-state index is -3.10. The van der Waals surface area contributed by atoms with Crippen molar-refractivity contribution in [2.75, 3.05) is 38.5 Å². The molecule has 1 aliphatic heterocycles. The molecule has 0 unspecified atom stereocenters. The van der Waals surface area contributed by atoms with E-state index < -0.39 is 10.0 Å². The summed E-state index contributed by atoms with van der Waals surface area (Å²) >= 11 is 0. The Morgan fingerprint density at radius 3 is 2.47 bits per heavy atom. The molecule has 5 nitrogen and oxygen atoms in total. The number of sulfonamides is 1. The average molecular weight is 291 g/mol. The summed E-state index contributed by atoms with van der Waals surface area (Å²) in [6.07, 6.45) is 3.72.